The van der Waals surface area contributed by atoms with Crippen molar-refractivity contribution in [2.75, 3.05) is 5.32 Å². The first-order chi connectivity index (χ1) is 9.97. The number of urea groups is 1. The van der Waals surface area contributed by atoms with E-state index in [4.69, 9.17) is 5.11 Å². The molecule has 21 heavy (non-hydrogen) atoms. The summed E-state index contributed by atoms with van der Waals surface area (Å²) in [6, 6.07) is 4.26. The number of benzene rings is 1. The molecule has 2 rings (SSSR count). The van der Waals surface area contributed by atoms with Crippen molar-refractivity contribution < 1.29 is 19.8 Å². The highest BCUT2D eigenvalue weighted by Crippen LogP contribution is 2.26. The van der Waals surface area contributed by atoms with Crippen LogP contribution in [0.4, 0.5) is 10.5 Å². The minimum Gasteiger partial charge on any atom is -0.478 e. The summed E-state index contributed by atoms with van der Waals surface area (Å²) in [5, 5.41) is 23.9. The van der Waals surface area contributed by atoms with Crippen molar-refractivity contribution in [1.82, 2.24) is 5.32 Å². The Morgan fingerprint density at radius 1 is 1.19 bits per heavy atom. The topological polar surface area (TPSA) is 98.7 Å². The van der Waals surface area contributed by atoms with E-state index in [1.165, 1.54) is 6.07 Å². The van der Waals surface area contributed by atoms with Crippen molar-refractivity contribution in [3.05, 3.63) is 28.2 Å². The molecule has 7 heteroatoms. The van der Waals surface area contributed by atoms with Gasteiger partial charge in [0.2, 0.25) is 0 Å². The van der Waals surface area contributed by atoms with Crippen molar-refractivity contribution in [3.63, 3.8) is 0 Å². The molecule has 0 aliphatic heterocycles. The van der Waals surface area contributed by atoms with E-state index in [0.717, 1.165) is 12.8 Å². The largest absolute Gasteiger partial charge is 0.478 e. The number of nitrogens with one attached hydrogen (secondary N) is 2. The molecular weight excluding hydrogens is 340 g/mol. The second kappa shape index (κ2) is 6.91. The van der Waals surface area contributed by atoms with Crippen LogP contribution in [0.2, 0.25) is 0 Å². The molecule has 0 atom stereocenters. The van der Waals surface area contributed by atoms with E-state index < -0.39 is 12.0 Å². The Bertz CT molecular complexity index is 542. The molecule has 4 N–H and O–H groups in total. The van der Waals surface area contributed by atoms with E-state index in [9.17, 15) is 14.7 Å². The Morgan fingerprint density at radius 3 is 2.48 bits per heavy atom. The number of hydrogen-bond donors (Lipinski definition) is 4. The normalized spacial score (nSPS) is 21.6. The molecule has 6 nitrogen and oxygen atoms in total. The van der Waals surface area contributed by atoms with E-state index >= 15 is 0 Å². The Hall–Kier alpha value is -1.60. The average Bonchev–Trinajstić information content (AvgIpc) is 2.43. The average molecular weight is 357 g/mol. The maximum atomic E-state index is 12.0. The summed E-state index contributed by atoms with van der Waals surface area (Å²) in [6.45, 7) is 0. The molecule has 1 fully saturated rings. The van der Waals surface area contributed by atoms with Gasteiger partial charge in [0.15, 0.2) is 0 Å². The first-order valence-electron chi connectivity index (χ1n) is 6.74. The lowest BCUT2D eigenvalue weighted by molar-refractivity contribution is 0.0698. The van der Waals surface area contributed by atoms with Crippen LogP contribution in [0.3, 0.4) is 0 Å². The van der Waals surface area contributed by atoms with Crippen LogP contribution in [-0.4, -0.2) is 34.4 Å². The van der Waals surface area contributed by atoms with Gasteiger partial charge in [-0.2, -0.15) is 0 Å². The zero-order valence-corrected chi connectivity index (χ0v) is 12.9. The van der Waals surface area contributed by atoms with Gasteiger partial charge in [-0.1, -0.05) is 6.07 Å². The van der Waals surface area contributed by atoms with Gasteiger partial charge in [0.05, 0.1) is 17.4 Å². The lowest BCUT2D eigenvalue weighted by Crippen LogP contribution is -2.41. The van der Waals surface area contributed by atoms with Gasteiger partial charge in [-0.3, -0.25) is 0 Å². The number of carbonyl (C=O) groups excluding carboxylic acids is 1. The predicted octanol–water partition coefficient (Wildman–Crippen LogP) is 2.57. The van der Waals surface area contributed by atoms with Crippen molar-refractivity contribution in [2.45, 2.75) is 37.8 Å². The molecule has 1 aromatic rings. The van der Waals surface area contributed by atoms with Crippen LogP contribution in [0.25, 0.3) is 0 Å². The number of halogens is 1. The summed E-state index contributed by atoms with van der Waals surface area (Å²) < 4.78 is 0.511. The number of aliphatic hydroxyl groups excluding tert-OH is 1. The fraction of sp³-hybridized carbons (Fsp3) is 0.429. The summed E-state index contributed by atoms with van der Waals surface area (Å²) in [4.78, 5) is 23.2. The van der Waals surface area contributed by atoms with Crippen LogP contribution in [0.1, 0.15) is 36.0 Å². The van der Waals surface area contributed by atoms with Gasteiger partial charge >= 0.3 is 12.0 Å². The van der Waals surface area contributed by atoms with Crippen LogP contribution in [0, 0.1) is 0 Å². The molecule has 114 valence electrons. The number of rotatable bonds is 3. The smallest absolute Gasteiger partial charge is 0.337 e. The molecule has 1 aliphatic rings. The Kier molecular flexibility index (Phi) is 5.19. The van der Waals surface area contributed by atoms with Gasteiger partial charge < -0.3 is 20.8 Å². The minimum atomic E-state index is -1.10. The molecule has 0 unspecified atom stereocenters. The highest BCUT2D eigenvalue weighted by atomic mass is 79.9. The summed E-state index contributed by atoms with van der Waals surface area (Å²) in [7, 11) is 0. The van der Waals surface area contributed by atoms with Crippen LogP contribution in [0.15, 0.2) is 22.7 Å². The van der Waals surface area contributed by atoms with Crippen LogP contribution < -0.4 is 10.6 Å². The molecule has 0 bridgehead atoms. The lowest BCUT2D eigenvalue weighted by atomic mass is 9.93. The number of aliphatic hydroxyl groups is 1. The number of para-hydroxylation sites is 1. The maximum Gasteiger partial charge on any atom is 0.337 e. The molecular formula is C14H17BrN2O4. The van der Waals surface area contributed by atoms with E-state index in [2.05, 4.69) is 26.6 Å². The second-order valence-corrected chi connectivity index (χ2v) is 5.93. The molecule has 0 spiro atoms. The number of hydrogen-bond acceptors (Lipinski definition) is 3. The highest BCUT2D eigenvalue weighted by molar-refractivity contribution is 9.10. The fourth-order valence-electron chi connectivity index (χ4n) is 2.38. The Labute approximate surface area is 130 Å². The first-order valence-corrected chi connectivity index (χ1v) is 7.54. The van der Waals surface area contributed by atoms with Crippen molar-refractivity contribution >= 4 is 33.6 Å². The monoisotopic (exact) mass is 356 g/mol. The third-order valence-corrected chi connectivity index (χ3v) is 4.18. The Balaban J connectivity index is 2.01. The Morgan fingerprint density at radius 2 is 1.86 bits per heavy atom. The number of anilines is 1. The third-order valence-electron chi connectivity index (χ3n) is 3.51. The summed E-state index contributed by atoms with van der Waals surface area (Å²) in [5.74, 6) is -1.10. The van der Waals surface area contributed by atoms with Gasteiger partial charge in [0.1, 0.15) is 0 Å². The number of aromatic carboxylic acids is 1. The van der Waals surface area contributed by atoms with Crippen molar-refractivity contribution in [1.29, 1.82) is 0 Å². The molecule has 1 aromatic carbocycles. The van der Waals surface area contributed by atoms with Crippen molar-refractivity contribution in [3.8, 4) is 0 Å². The van der Waals surface area contributed by atoms with Gasteiger partial charge in [-0.15, -0.1) is 0 Å². The number of carbonyl (C=O) groups is 2. The van der Waals surface area contributed by atoms with Gasteiger partial charge in [0.25, 0.3) is 0 Å². The SMILES string of the molecule is O=C(Nc1c(Br)cccc1C(=O)O)NC1CCC(O)CC1. The van der Waals surface area contributed by atoms with Crippen LogP contribution >= 0.6 is 15.9 Å². The zero-order chi connectivity index (χ0) is 15.4. The van der Waals surface area contributed by atoms with Crippen LogP contribution in [-0.2, 0) is 0 Å². The number of carboxylic acid groups (broad SMARTS) is 1. The quantitative estimate of drug-likeness (QED) is 0.668. The molecule has 2 amide bonds. The molecule has 0 heterocycles. The van der Waals surface area contributed by atoms with Gasteiger partial charge in [-0.25, -0.2) is 9.59 Å². The lowest BCUT2D eigenvalue weighted by Gasteiger charge is -2.26. The third kappa shape index (κ3) is 4.18. The van der Waals surface area contributed by atoms with E-state index in [1.807, 2.05) is 0 Å². The highest BCUT2D eigenvalue weighted by Gasteiger charge is 2.22. The van der Waals surface area contributed by atoms with Gasteiger partial charge in [0, 0.05) is 10.5 Å². The molecule has 1 aliphatic carbocycles. The van der Waals surface area contributed by atoms with E-state index in [1.54, 1.807) is 12.1 Å². The molecule has 1 saturated carbocycles. The molecule has 0 aromatic heterocycles. The van der Waals surface area contributed by atoms with Gasteiger partial charge in [-0.05, 0) is 53.7 Å². The van der Waals surface area contributed by atoms with E-state index in [-0.39, 0.29) is 23.4 Å². The number of carboxylic acids is 1. The first kappa shape index (κ1) is 15.8. The number of amides is 2. The molecule has 0 radical (unpaired) electrons. The standard InChI is InChI=1S/C14H17BrN2O4/c15-11-3-1-2-10(13(19)20)12(11)17-14(21)16-8-4-6-9(18)7-5-8/h1-3,8-9,18H,4-7H2,(H,19,20)(H2,16,17,21). The fourth-order valence-corrected chi connectivity index (χ4v) is 2.85. The van der Waals surface area contributed by atoms with E-state index in [0.29, 0.717) is 17.3 Å². The zero-order valence-electron chi connectivity index (χ0n) is 11.3. The maximum absolute atomic E-state index is 12.0. The minimum absolute atomic E-state index is 0.00386. The summed E-state index contributed by atoms with van der Waals surface area (Å²) in [6.07, 6.45) is 2.49. The van der Waals surface area contributed by atoms with Crippen LogP contribution in [0.5, 0.6) is 0 Å². The predicted molar refractivity (Wildman–Crippen MR) is 81.5 cm³/mol. The molecule has 0 saturated heterocycles. The summed E-state index contributed by atoms with van der Waals surface area (Å²) >= 11 is 3.24. The summed E-state index contributed by atoms with van der Waals surface area (Å²) in [5.41, 5.74) is 0.261. The van der Waals surface area contributed by atoms with Crippen molar-refractivity contribution in [2.24, 2.45) is 0 Å². The second-order valence-electron chi connectivity index (χ2n) is 5.07.